The first-order valence-electron chi connectivity index (χ1n) is 8.95. The highest BCUT2D eigenvalue weighted by Crippen LogP contribution is 2.15. The number of amides is 1. The van der Waals surface area contributed by atoms with Crippen molar-refractivity contribution in [2.24, 2.45) is 4.99 Å². The summed E-state index contributed by atoms with van der Waals surface area (Å²) in [4.78, 5) is 18.1. The van der Waals surface area contributed by atoms with E-state index in [0.29, 0.717) is 39.5 Å². The number of rotatable bonds is 9. The second-order valence-electron chi connectivity index (χ2n) is 6.95. The Kier molecular flexibility index (Phi) is 13.0. The summed E-state index contributed by atoms with van der Waals surface area (Å²) in [6.07, 6.45) is 0.593. The van der Waals surface area contributed by atoms with Crippen LogP contribution in [0.25, 0.3) is 0 Å². The monoisotopic (exact) mass is 486 g/mol. The van der Waals surface area contributed by atoms with Gasteiger partial charge in [-0.15, -0.1) is 24.0 Å². The van der Waals surface area contributed by atoms with Crippen molar-refractivity contribution in [1.29, 1.82) is 0 Å². The summed E-state index contributed by atoms with van der Waals surface area (Å²) < 4.78 is 15.7. The molecule has 0 radical (unpaired) electrons. The van der Waals surface area contributed by atoms with Gasteiger partial charge in [-0.2, -0.15) is 0 Å². The van der Waals surface area contributed by atoms with Crippen molar-refractivity contribution in [2.45, 2.75) is 45.8 Å². The van der Waals surface area contributed by atoms with Gasteiger partial charge in [0.25, 0.3) is 0 Å². The average Bonchev–Trinajstić information content (AvgIpc) is 2.47. The van der Waals surface area contributed by atoms with E-state index in [4.69, 9.17) is 14.2 Å². The van der Waals surface area contributed by atoms with Crippen LogP contribution in [0.15, 0.2) is 4.99 Å². The van der Waals surface area contributed by atoms with Crippen LogP contribution in [0.4, 0.5) is 4.79 Å². The van der Waals surface area contributed by atoms with Crippen molar-refractivity contribution >= 4 is 36.0 Å². The molecule has 0 spiro atoms. The number of guanidine groups is 1. The molecule has 2 N–H and O–H groups in total. The summed E-state index contributed by atoms with van der Waals surface area (Å²) in [7, 11) is 1.66. The minimum absolute atomic E-state index is 0. The molecule has 0 bridgehead atoms. The molecular weight excluding hydrogens is 451 g/mol. The number of aliphatic imine (C=N–C) groups is 1. The van der Waals surface area contributed by atoms with E-state index in [1.54, 1.807) is 12.0 Å². The maximum Gasteiger partial charge on any atom is 0.410 e. The fraction of sp³-hybridized carbons (Fsp3) is 0.882. The van der Waals surface area contributed by atoms with Gasteiger partial charge < -0.3 is 29.7 Å². The van der Waals surface area contributed by atoms with Crippen LogP contribution in [-0.4, -0.2) is 81.7 Å². The van der Waals surface area contributed by atoms with E-state index in [9.17, 15) is 4.79 Å². The van der Waals surface area contributed by atoms with Crippen LogP contribution in [0.1, 0.15) is 34.1 Å². The molecule has 0 aliphatic carbocycles. The van der Waals surface area contributed by atoms with E-state index in [1.165, 1.54) is 0 Å². The van der Waals surface area contributed by atoms with Crippen LogP contribution in [0.3, 0.4) is 0 Å². The van der Waals surface area contributed by atoms with Gasteiger partial charge in [-0.25, -0.2) is 4.79 Å². The number of hydrogen-bond donors (Lipinski definition) is 2. The van der Waals surface area contributed by atoms with Gasteiger partial charge in [0.15, 0.2) is 5.96 Å². The molecule has 8 nitrogen and oxygen atoms in total. The van der Waals surface area contributed by atoms with E-state index in [2.05, 4.69) is 15.6 Å². The molecule has 0 unspecified atom stereocenters. The molecule has 26 heavy (non-hydrogen) atoms. The predicted octanol–water partition coefficient (Wildman–Crippen LogP) is 1.83. The van der Waals surface area contributed by atoms with Crippen molar-refractivity contribution in [3.05, 3.63) is 0 Å². The number of likely N-dealkylation sites (tertiary alicyclic amines) is 1. The van der Waals surface area contributed by atoms with E-state index < -0.39 is 5.60 Å². The molecule has 154 valence electrons. The summed E-state index contributed by atoms with van der Waals surface area (Å²) >= 11 is 0. The Balaban J connectivity index is 0.00000625. The Hall–Kier alpha value is -0.810. The summed E-state index contributed by atoms with van der Waals surface area (Å²) in [5.41, 5.74) is -0.461. The summed E-state index contributed by atoms with van der Waals surface area (Å²) in [6, 6.07) is 0.197. The minimum Gasteiger partial charge on any atom is -0.444 e. The smallest absolute Gasteiger partial charge is 0.410 e. The Labute approximate surface area is 174 Å². The van der Waals surface area contributed by atoms with Gasteiger partial charge in [-0.3, -0.25) is 4.99 Å². The predicted molar refractivity (Wildman–Crippen MR) is 113 cm³/mol. The number of carbonyl (C=O) groups is 1. The van der Waals surface area contributed by atoms with Gasteiger partial charge in [0.1, 0.15) is 5.60 Å². The molecule has 1 aliphatic rings. The lowest BCUT2D eigenvalue weighted by Crippen LogP contribution is -2.63. The molecule has 0 atom stereocenters. The molecule has 1 amide bonds. The first-order valence-corrected chi connectivity index (χ1v) is 8.95. The Bertz CT molecular complexity index is 423. The maximum atomic E-state index is 11.9. The van der Waals surface area contributed by atoms with Crippen LogP contribution in [0, 0.1) is 0 Å². The lowest BCUT2D eigenvalue weighted by molar-refractivity contribution is 0.00700. The third kappa shape index (κ3) is 11.0. The topological polar surface area (TPSA) is 84.4 Å². The summed E-state index contributed by atoms with van der Waals surface area (Å²) in [5.74, 6) is 0.772. The van der Waals surface area contributed by atoms with Crippen LogP contribution < -0.4 is 10.6 Å². The van der Waals surface area contributed by atoms with Gasteiger partial charge in [-0.05, 0) is 34.1 Å². The van der Waals surface area contributed by atoms with E-state index in [1.807, 2.05) is 27.7 Å². The molecule has 0 aromatic carbocycles. The van der Waals surface area contributed by atoms with Crippen molar-refractivity contribution in [3.8, 4) is 0 Å². The normalized spacial score (nSPS) is 15.1. The Morgan fingerprint density at radius 1 is 1.23 bits per heavy atom. The molecular formula is C17H35IN4O4. The fourth-order valence-electron chi connectivity index (χ4n) is 2.16. The lowest BCUT2D eigenvalue weighted by atomic mass is 10.1. The standard InChI is InChI=1S/C17H34N4O4.HI/c1-6-18-15(19-8-7-9-24-11-10-23-5)20-14-12-21(13-14)16(22)25-17(2,3)4;/h14H,6-13H2,1-5H3,(H2,18,19,20);1H. The number of carbonyl (C=O) groups excluding carboxylic acids is 1. The number of halogens is 1. The minimum atomic E-state index is -0.461. The second kappa shape index (κ2) is 13.4. The first kappa shape index (κ1) is 25.2. The van der Waals surface area contributed by atoms with Gasteiger partial charge in [-0.1, -0.05) is 0 Å². The molecule has 0 aromatic heterocycles. The van der Waals surface area contributed by atoms with Crippen LogP contribution in [0.5, 0.6) is 0 Å². The largest absolute Gasteiger partial charge is 0.444 e. The van der Waals surface area contributed by atoms with Gasteiger partial charge in [0.2, 0.25) is 0 Å². The number of hydrogen-bond acceptors (Lipinski definition) is 5. The maximum absolute atomic E-state index is 11.9. The average molecular weight is 486 g/mol. The summed E-state index contributed by atoms with van der Waals surface area (Å²) in [5, 5.41) is 6.56. The molecule has 9 heteroatoms. The number of ether oxygens (including phenoxy) is 3. The molecule has 1 rings (SSSR count). The van der Waals surface area contributed by atoms with Crippen molar-refractivity contribution in [1.82, 2.24) is 15.5 Å². The quantitative estimate of drug-likeness (QED) is 0.224. The van der Waals surface area contributed by atoms with Crippen LogP contribution >= 0.6 is 24.0 Å². The number of nitrogens with zero attached hydrogens (tertiary/aromatic N) is 2. The van der Waals surface area contributed by atoms with Gasteiger partial charge in [0.05, 0.1) is 19.3 Å². The van der Waals surface area contributed by atoms with E-state index in [0.717, 1.165) is 18.9 Å². The molecule has 1 fully saturated rings. The van der Waals surface area contributed by atoms with Crippen LogP contribution in [0.2, 0.25) is 0 Å². The summed E-state index contributed by atoms with van der Waals surface area (Å²) in [6.45, 7) is 12.3. The fourth-order valence-corrected chi connectivity index (χ4v) is 2.16. The molecule has 1 heterocycles. The third-order valence-corrected chi connectivity index (χ3v) is 3.37. The molecule has 1 aliphatic heterocycles. The SMILES string of the molecule is CCNC(=NCCCOCCOC)NC1CN(C(=O)OC(C)(C)C)C1.I. The zero-order valence-corrected chi connectivity index (χ0v) is 19.0. The van der Waals surface area contributed by atoms with Gasteiger partial charge >= 0.3 is 6.09 Å². The van der Waals surface area contributed by atoms with Crippen molar-refractivity contribution < 1.29 is 19.0 Å². The highest BCUT2D eigenvalue weighted by atomic mass is 127. The number of nitrogens with one attached hydrogen (secondary N) is 2. The highest BCUT2D eigenvalue weighted by molar-refractivity contribution is 14.0. The van der Waals surface area contributed by atoms with Crippen molar-refractivity contribution in [2.75, 3.05) is 53.1 Å². The Morgan fingerprint density at radius 2 is 1.92 bits per heavy atom. The Morgan fingerprint density at radius 3 is 2.50 bits per heavy atom. The third-order valence-electron chi connectivity index (χ3n) is 3.37. The van der Waals surface area contributed by atoms with Gasteiger partial charge in [0, 0.05) is 39.9 Å². The van der Waals surface area contributed by atoms with Crippen molar-refractivity contribution in [3.63, 3.8) is 0 Å². The molecule has 1 saturated heterocycles. The number of methoxy groups -OCH3 is 1. The zero-order chi connectivity index (χ0) is 18.7. The lowest BCUT2D eigenvalue weighted by Gasteiger charge is -2.40. The van der Waals surface area contributed by atoms with E-state index >= 15 is 0 Å². The van der Waals surface area contributed by atoms with E-state index in [-0.39, 0.29) is 36.1 Å². The first-order chi connectivity index (χ1) is 11.9. The van der Waals surface area contributed by atoms with Crippen LogP contribution in [-0.2, 0) is 14.2 Å². The molecule has 0 saturated carbocycles. The second-order valence-corrected chi connectivity index (χ2v) is 6.95. The molecule has 0 aromatic rings. The highest BCUT2D eigenvalue weighted by Gasteiger charge is 2.34. The zero-order valence-electron chi connectivity index (χ0n) is 16.7.